The van der Waals surface area contributed by atoms with Gasteiger partial charge in [-0.15, -0.1) is 0 Å². The Balaban J connectivity index is 3.30. The van der Waals surface area contributed by atoms with Crippen molar-refractivity contribution in [2.24, 2.45) is 17.6 Å². The summed E-state index contributed by atoms with van der Waals surface area (Å²) >= 11 is 0. The van der Waals surface area contributed by atoms with Gasteiger partial charge < -0.3 is 5.73 Å². The summed E-state index contributed by atoms with van der Waals surface area (Å²) in [5.74, 6) is 1.43. The normalized spacial score (nSPS) is 14.7. The first-order valence-corrected chi connectivity index (χ1v) is 4.29. The summed E-state index contributed by atoms with van der Waals surface area (Å²) in [6.07, 6.45) is 2.44. The molecule has 0 saturated carbocycles. The van der Waals surface area contributed by atoms with Crippen LogP contribution in [0.1, 0.15) is 40.5 Å². The monoisotopic (exact) mass is 143 g/mol. The molecule has 0 saturated heterocycles. The van der Waals surface area contributed by atoms with Crippen LogP contribution in [0.5, 0.6) is 0 Å². The third-order valence-electron chi connectivity index (χ3n) is 1.93. The highest BCUT2D eigenvalue weighted by molar-refractivity contribution is 4.65. The van der Waals surface area contributed by atoms with Gasteiger partial charge in [0.25, 0.3) is 0 Å². The average molecular weight is 143 g/mol. The minimum absolute atomic E-state index is 0.405. The van der Waals surface area contributed by atoms with Gasteiger partial charge in [-0.2, -0.15) is 0 Å². The van der Waals surface area contributed by atoms with Crippen molar-refractivity contribution >= 4 is 0 Å². The highest BCUT2D eigenvalue weighted by Crippen LogP contribution is 2.10. The van der Waals surface area contributed by atoms with Gasteiger partial charge >= 0.3 is 0 Å². The highest BCUT2D eigenvalue weighted by atomic mass is 14.6. The van der Waals surface area contributed by atoms with Gasteiger partial charge in [-0.05, 0) is 24.7 Å². The van der Waals surface area contributed by atoms with Crippen molar-refractivity contribution in [1.82, 2.24) is 0 Å². The fourth-order valence-corrected chi connectivity index (χ4v) is 0.859. The van der Waals surface area contributed by atoms with E-state index in [2.05, 4.69) is 27.7 Å². The smallest absolute Gasteiger partial charge is 0.00619 e. The molecule has 0 aliphatic rings. The molecule has 2 N–H and O–H groups in total. The topological polar surface area (TPSA) is 26.0 Å². The van der Waals surface area contributed by atoms with Crippen molar-refractivity contribution < 1.29 is 0 Å². The van der Waals surface area contributed by atoms with E-state index in [-0.39, 0.29) is 0 Å². The molecule has 1 atom stereocenters. The molecule has 10 heavy (non-hydrogen) atoms. The van der Waals surface area contributed by atoms with E-state index in [1.54, 1.807) is 0 Å². The van der Waals surface area contributed by atoms with Crippen molar-refractivity contribution in [2.75, 3.05) is 0 Å². The third-order valence-corrected chi connectivity index (χ3v) is 1.93. The fraction of sp³-hybridized carbons (Fsp3) is 1.00. The molecule has 1 nitrogen and oxygen atoms in total. The van der Waals surface area contributed by atoms with Gasteiger partial charge in [0.1, 0.15) is 0 Å². The van der Waals surface area contributed by atoms with Crippen molar-refractivity contribution in [3.63, 3.8) is 0 Å². The molecule has 0 aliphatic carbocycles. The molecule has 0 fully saturated rings. The zero-order chi connectivity index (χ0) is 8.15. The van der Waals surface area contributed by atoms with Crippen LogP contribution in [0.2, 0.25) is 0 Å². The second-order valence-electron chi connectivity index (χ2n) is 3.88. The Morgan fingerprint density at radius 2 is 1.50 bits per heavy atom. The summed E-state index contributed by atoms with van der Waals surface area (Å²) in [7, 11) is 0. The SMILES string of the molecule is CC(C)CCC(N)C(C)C. The third kappa shape index (κ3) is 4.80. The van der Waals surface area contributed by atoms with Crippen LogP contribution in [-0.2, 0) is 0 Å². The fourth-order valence-electron chi connectivity index (χ4n) is 0.859. The van der Waals surface area contributed by atoms with E-state index in [4.69, 9.17) is 5.73 Å². The van der Waals surface area contributed by atoms with E-state index < -0.39 is 0 Å². The van der Waals surface area contributed by atoms with Crippen LogP contribution in [0.25, 0.3) is 0 Å². The van der Waals surface area contributed by atoms with Gasteiger partial charge in [-0.1, -0.05) is 27.7 Å². The summed E-state index contributed by atoms with van der Waals surface area (Å²) < 4.78 is 0. The largest absolute Gasteiger partial charge is 0.327 e. The van der Waals surface area contributed by atoms with Crippen molar-refractivity contribution in [2.45, 2.75) is 46.6 Å². The highest BCUT2D eigenvalue weighted by Gasteiger charge is 2.07. The summed E-state index contributed by atoms with van der Waals surface area (Å²) in [6, 6.07) is 0.405. The number of hydrogen-bond acceptors (Lipinski definition) is 1. The first-order chi connectivity index (χ1) is 4.54. The molecule has 0 radical (unpaired) electrons. The van der Waals surface area contributed by atoms with Gasteiger partial charge in [0.2, 0.25) is 0 Å². The molecule has 0 aromatic heterocycles. The second kappa shape index (κ2) is 4.73. The zero-order valence-electron chi connectivity index (χ0n) is 7.72. The first-order valence-electron chi connectivity index (χ1n) is 4.29. The van der Waals surface area contributed by atoms with Crippen molar-refractivity contribution in [3.8, 4) is 0 Å². The number of nitrogens with two attached hydrogens (primary N) is 1. The Morgan fingerprint density at radius 3 is 1.80 bits per heavy atom. The Hall–Kier alpha value is -0.0400. The molecule has 0 spiro atoms. The lowest BCUT2D eigenvalue weighted by molar-refractivity contribution is 0.418. The summed E-state index contributed by atoms with van der Waals surface area (Å²) in [5, 5.41) is 0. The molecular weight excluding hydrogens is 122 g/mol. The molecule has 0 heterocycles. The summed E-state index contributed by atoms with van der Waals surface area (Å²) in [5.41, 5.74) is 5.86. The molecule has 1 unspecified atom stereocenters. The van der Waals surface area contributed by atoms with E-state index in [0.29, 0.717) is 12.0 Å². The lowest BCUT2D eigenvalue weighted by atomic mass is 9.96. The molecular formula is C9H21N. The Morgan fingerprint density at radius 1 is 1.00 bits per heavy atom. The molecule has 0 aliphatic heterocycles. The lowest BCUT2D eigenvalue weighted by Crippen LogP contribution is -2.26. The number of rotatable bonds is 4. The van der Waals surface area contributed by atoms with Gasteiger partial charge in [0.05, 0.1) is 0 Å². The van der Waals surface area contributed by atoms with Crippen LogP contribution < -0.4 is 5.73 Å². The molecule has 0 amide bonds. The minimum atomic E-state index is 0.405. The number of hydrogen-bond donors (Lipinski definition) is 1. The Labute approximate surface area is 65.0 Å². The molecule has 1 heteroatoms. The van der Waals surface area contributed by atoms with Crippen LogP contribution in [-0.4, -0.2) is 6.04 Å². The Bertz CT molecular complexity index is 76.8. The van der Waals surface area contributed by atoms with E-state index in [0.717, 1.165) is 5.92 Å². The summed E-state index contributed by atoms with van der Waals surface area (Å²) in [4.78, 5) is 0. The molecule has 0 bridgehead atoms. The average Bonchev–Trinajstić information content (AvgIpc) is 1.82. The predicted molar refractivity (Wildman–Crippen MR) is 46.9 cm³/mol. The predicted octanol–water partition coefficient (Wildman–Crippen LogP) is 2.41. The standard InChI is InChI=1S/C9H21N/c1-7(2)5-6-9(10)8(3)4/h7-9H,5-6,10H2,1-4H3. The molecule has 0 aromatic rings. The van der Waals surface area contributed by atoms with E-state index in [1.165, 1.54) is 12.8 Å². The van der Waals surface area contributed by atoms with Crippen LogP contribution in [0.15, 0.2) is 0 Å². The van der Waals surface area contributed by atoms with Crippen LogP contribution in [0, 0.1) is 11.8 Å². The lowest BCUT2D eigenvalue weighted by Gasteiger charge is -2.16. The molecule has 0 rings (SSSR count). The van der Waals surface area contributed by atoms with Crippen molar-refractivity contribution in [3.05, 3.63) is 0 Å². The quantitative estimate of drug-likeness (QED) is 0.642. The minimum Gasteiger partial charge on any atom is -0.327 e. The maximum Gasteiger partial charge on any atom is 0.00619 e. The van der Waals surface area contributed by atoms with Crippen LogP contribution in [0.4, 0.5) is 0 Å². The summed E-state index contributed by atoms with van der Waals surface area (Å²) in [6.45, 7) is 8.86. The van der Waals surface area contributed by atoms with Gasteiger partial charge in [0, 0.05) is 6.04 Å². The molecule has 0 aromatic carbocycles. The zero-order valence-corrected chi connectivity index (χ0v) is 7.72. The van der Waals surface area contributed by atoms with Crippen molar-refractivity contribution in [1.29, 1.82) is 0 Å². The van der Waals surface area contributed by atoms with Crippen LogP contribution in [0.3, 0.4) is 0 Å². The second-order valence-corrected chi connectivity index (χ2v) is 3.88. The van der Waals surface area contributed by atoms with Gasteiger partial charge in [-0.25, -0.2) is 0 Å². The maximum absolute atomic E-state index is 5.86. The maximum atomic E-state index is 5.86. The Kier molecular flexibility index (Phi) is 4.71. The van der Waals surface area contributed by atoms with Crippen LogP contribution >= 0.6 is 0 Å². The first kappa shape index (κ1) is 9.96. The van der Waals surface area contributed by atoms with E-state index in [9.17, 15) is 0 Å². The van der Waals surface area contributed by atoms with E-state index in [1.807, 2.05) is 0 Å². The van der Waals surface area contributed by atoms with Gasteiger partial charge in [-0.3, -0.25) is 0 Å². The van der Waals surface area contributed by atoms with E-state index >= 15 is 0 Å². The molecule has 62 valence electrons. The van der Waals surface area contributed by atoms with Gasteiger partial charge in [0.15, 0.2) is 0 Å².